The highest BCUT2D eigenvalue weighted by Crippen LogP contribution is 2.15. The zero-order chi connectivity index (χ0) is 19.8. The van der Waals surface area contributed by atoms with Crippen molar-refractivity contribution < 1.29 is 12.4 Å². The molecule has 0 heterocycles. The number of halogens is 1. The molecule has 0 atom stereocenters. The predicted octanol–water partition coefficient (Wildman–Crippen LogP) is 6.47. The van der Waals surface area contributed by atoms with Gasteiger partial charge in [-0.3, -0.25) is 0 Å². The molecule has 0 amide bonds. The van der Waals surface area contributed by atoms with Crippen molar-refractivity contribution in [3.63, 3.8) is 0 Å². The molecule has 0 fully saturated rings. The number of hydrogen-bond donors (Lipinski definition) is 0. The summed E-state index contributed by atoms with van der Waals surface area (Å²) in [6.07, 6.45) is 29.4. The molecule has 0 nitrogen and oxygen atoms in total. The van der Waals surface area contributed by atoms with Gasteiger partial charge in [0.05, 0.1) is 0 Å². The molecule has 0 aliphatic carbocycles. The quantitative estimate of drug-likeness (QED) is 0.128. The van der Waals surface area contributed by atoms with Crippen LogP contribution in [0.1, 0.15) is 149 Å². The van der Waals surface area contributed by atoms with Gasteiger partial charge in [-0.05, 0) is 36.6 Å². The first-order chi connectivity index (χ1) is 13.3. The fraction of sp³-hybridized carbons (Fsp3) is 1.00. The fourth-order valence-electron chi connectivity index (χ4n) is 4.09. The monoisotopic (exact) mass is 434 g/mol. The largest absolute Gasteiger partial charge is 1.00 e. The highest BCUT2D eigenvalue weighted by molar-refractivity contribution is 7.96. The van der Waals surface area contributed by atoms with Crippen molar-refractivity contribution in [3.05, 3.63) is 0 Å². The maximum atomic E-state index is 2.35. The van der Waals surface area contributed by atoms with Gasteiger partial charge < -0.3 is 12.4 Å². The van der Waals surface area contributed by atoms with Crippen molar-refractivity contribution in [2.45, 2.75) is 149 Å². The SMILES string of the molecule is CCCCCCCCCCCCCCCCCCCC[S+](CCC)CCC.[Cl-]. The maximum absolute atomic E-state index is 2.35. The summed E-state index contributed by atoms with van der Waals surface area (Å²) in [7, 11) is 0.757. The molecule has 0 bridgehead atoms. The topological polar surface area (TPSA) is 0 Å². The van der Waals surface area contributed by atoms with E-state index in [0.717, 1.165) is 10.9 Å². The molecule has 0 aromatic heterocycles. The van der Waals surface area contributed by atoms with E-state index in [1.54, 1.807) is 0 Å². The van der Waals surface area contributed by atoms with Gasteiger partial charge in [0.2, 0.25) is 0 Å². The minimum absolute atomic E-state index is 0. The van der Waals surface area contributed by atoms with Gasteiger partial charge in [-0.25, -0.2) is 0 Å². The third-order valence-corrected chi connectivity index (χ3v) is 8.61. The van der Waals surface area contributed by atoms with E-state index < -0.39 is 0 Å². The molecule has 0 aromatic rings. The minimum atomic E-state index is 0. The van der Waals surface area contributed by atoms with Crippen LogP contribution in [0.5, 0.6) is 0 Å². The lowest BCUT2D eigenvalue weighted by Gasteiger charge is -2.07. The van der Waals surface area contributed by atoms with Crippen LogP contribution >= 0.6 is 0 Å². The Morgan fingerprint density at radius 2 is 0.607 bits per heavy atom. The molecule has 172 valence electrons. The lowest BCUT2D eigenvalue weighted by atomic mass is 10.0. The van der Waals surface area contributed by atoms with Crippen LogP contribution in [-0.4, -0.2) is 17.3 Å². The molecule has 0 rings (SSSR count). The summed E-state index contributed by atoms with van der Waals surface area (Å²) >= 11 is 0. The lowest BCUT2D eigenvalue weighted by Crippen LogP contribution is -3.00. The van der Waals surface area contributed by atoms with Gasteiger partial charge in [0.1, 0.15) is 17.3 Å². The molecule has 0 aliphatic rings. The van der Waals surface area contributed by atoms with Crippen LogP contribution in [-0.2, 0) is 10.9 Å². The van der Waals surface area contributed by atoms with Crippen molar-refractivity contribution in [2.75, 3.05) is 17.3 Å². The van der Waals surface area contributed by atoms with E-state index in [-0.39, 0.29) is 12.4 Å². The third-order valence-electron chi connectivity index (χ3n) is 5.77. The molecule has 0 spiro atoms. The summed E-state index contributed by atoms with van der Waals surface area (Å²) in [4.78, 5) is 0. The highest BCUT2D eigenvalue weighted by atomic mass is 35.5. The van der Waals surface area contributed by atoms with Gasteiger partial charge in [0, 0.05) is 0 Å². The molecule has 0 radical (unpaired) electrons. The molecular formula is C26H55ClS. The molecule has 2 heteroatoms. The normalized spacial score (nSPS) is 11.1. The van der Waals surface area contributed by atoms with Gasteiger partial charge >= 0.3 is 0 Å². The first kappa shape index (κ1) is 30.8. The first-order valence-electron chi connectivity index (χ1n) is 13.0. The molecule has 0 unspecified atom stereocenters. The van der Waals surface area contributed by atoms with Crippen LogP contribution in [0.4, 0.5) is 0 Å². The van der Waals surface area contributed by atoms with Gasteiger partial charge in [-0.1, -0.05) is 124 Å². The Hall–Kier alpha value is 0.640. The van der Waals surface area contributed by atoms with Crippen molar-refractivity contribution in [2.24, 2.45) is 0 Å². The zero-order valence-electron chi connectivity index (χ0n) is 20.0. The summed E-state index contributed by atoms with van der Waals surface area (Å²) < 4.78 is 0. The number of unbranched alkanes of at least 4 members (excludes halogenated alkanes) is 17. The molecule has 0 N–H and O–H groups in total. The Balaban J connectivity index is 0. The summed E-state index contributed by atoms with van der Waals surface area (Å²) in [5.74, 6) is 4.51. The van der Waals surface area contributed by atoms with Crippen LogP contribution in [0.25, 0.3) is 0 Å². The van der Waals surface area contributed by atoms with Gasteiger partial charge in [0.25, 0.3) is 0 Å². The lowest BCUT2D eigenvalue weighted by molar-refractivity contribution is -0.00000612. The van der Waals surface area contributed by atoms with Crippen molar-refractivity contribution in [3.8, 4) is 0 Å². The Kier molecular flexibility index (Phi) is 30.4. The number of rotatable bonds is 23. The van der Waals surface area contributed by atoms with Crippen LogP contribution < -0.4 is 12.4 Å². The highest BCUT2D eigenvalue weighted by Gasteiger charge is 2.14. The smallest absolute Gasteiger partial charge is 0.108 e. The third kappa shape index (κ3) is 24.7. The Morgan fingerprint density at radius 3 is 0.893 bits per heavy atom. The molecule has 0 saturated carbocycles. The average molecular weight is 435 g/mol. The molecule has 28 heavy (non-hydrogen) atoms. The summed E-state index contributed by atoms with van der Waals surface area (Å²) in [6, 6.07) is 0. The molecule has 0 saturated heterocycles. The molecular weight excluding hydrogens is 380 g/mol. The Morgan fingerprint density at radius 1 is 0.321 bits per heavy atom. The molecule has 0 aliphatic heterocycles. The van der Waals surface area contributed by atoms with E-state index in [1.165, 1.54) is 146 Å². The number of hydrogen-bond acceptors (Lipinski definition) is 0. The summed E-state index contributed by atoms with van der Waals surface area (Å²) in [6.45, 7) is 7.01. The fourth-order valence-corrected chi connectivity index (χ4v) is 6.47. The summed E-state index contributed by atoms with van der Waals surface area (Å²) in [5.41, 5.74) is 0. The van der Waals surface area contributed by atoms with Crippen LogP contribution in [0, 0.1) is 0 Å². The maximum Gasteiger partial charge on any atom is 0.108 e. The van der Waals surface area contributed by atoms with E-state index in [0.29, 0.717) is 0 Å². The first-order valence-corrected chi connectivity index (χ1v) is 14.7. The van der Waals surface area contributed by atoms with Crippen LogP contribution in [0.3, 0.4) is 0 Å². The Bertz CT molecular complexity index is 251. The second-order valence-corrected chi connectivity index (χ2v) is 11.2. The van der Waals surface area contributed by atoms with E-state index in [4.69, 9.17) is 0 Å². The van der Waals surface area contributed by atoms with E-state index in [2.05, 4.69) is 20.8 Å². The molecule has 0 aromatic carbocycles. The zero-order valence-corrected chi connectivity index (χ0v) is 21.6. The summed E-state index contributed by atoms with van der Waals surface area (Å²) in [5, 5.41) is 0. The van der Waals surface area contributed by atoms with E-state index in [9.17, 15) is 0 Å². The van der Waals surface area contributed by atoms with E-state index in [1.807, 2.05) is 0 Å². The van der Waals surface area contributed by atoms with Gasteiger partial charge in [0.15, 0.2) is 0 Å². The van der Waals surface area contributed by atoms with Crippen molar-refractivity contribution in [1.29, 1.82) is 0 Å². The Labute approximate surface area is 189 Å². The average Bonchev–Trinajstić information content (AvgIpc) is 2.67. The second kappa shape index (κ2) is 27.6. The van der Waals surface area contributed by atoms with Crippen LogP contribution in [0.2, 0.25) is 0 Å². The predicted molar refractivity (Wildman–Crippen MR) is 131 cm³/mol. The minimum Gasteiger partial charge on any atom is -1.00 e. The van der Waals surface area contributed by atoms with Gasteiger partial charge in [-0.2, -0.15) is 0 Å². The van der Waals surface area contributed by atoms with Crippen LogP contribution in [0.15, 0.2) is 0 Å². The van der Waals surface area contributed by atoms with Crippen molar-refractivity contribution >= 4 is 10.9 Å². The second-order valence-electron chi connectivity index (χ2n) is 8.74. The van der Waals surface area contributed by atoms with Gasteiger partial charge in [-0.15, -0.1) is 0 Å². The van der Waals surface area contributed by atoms with E-state index >= 15 is 0 Å². The standard InChI is InChI=1S/C26H55S.ClH/c1-4-7-8-9-10-11-12-13-14-15-16-17-18-19-20-21-22-23-26-27(24-5-2)25-6-3;/h4-26H2,1-3H3;1H/q+1;/p-1. The van der Waals surface area contributed by atoms with Crippen molar-refractivity contribution in [1.82, 2.24) is 0 Å².